The minimum Gasteiger partial charge on any atom is -0.395 e. The lowest BCUT2D eigenvalue weighted by atomic mass is 10.1. The fourth-order valence-electron chi connectivity index (χ4n) is 1.77. The summed E-state index contributed by atoms with van der Waals surface area (Å²) in [7, 11) is -1.81. The highest BCUT2D eigenvalue weighted by atomic mass is 28.4. The lowest BCUT2D eigenvalue weighted by molar-refractivity contribution is 0.176. The van der Waals surface area contributed by atoms with E-state index in [2.05, 4.69) is 26.9 Å². The zero-order valence-electron chi connectivity index (χ0n) is 12.4. The molecule has 0 aromatic carbocycles. The van der Waals surface area contributed by atoms with Gasteiger partial charge in [0.1, 0.15) is 0 Å². The zero-order valence-corrected chi connectivity index (χ0v) is 13.4. The monoisotopic (exact) mass is 260 g/mol. The summed E-state index contributed by atoms with van der Waals surface area (Å²) in [5, 5.41) is 0. The third kappa shape index (κ3) is 12.4. The molecular formula is C14H32O2Si. The Labute approximate surface area is 109 Å². The minimum absolute atomic E-state index is 0.843. The van der Waals surface area contributed by atoms with Crippen molar-refractivity contribution in [2.24, 2.45) is 0 Å². The first-order chi connectivity index (χ1) is 8.12. The Bertz CT molecular complexity index is 160. The molecule has 0 aromatic heterocycles. The van der Waals surface area contributed by atoms with Crippen LogP contribution < -0.4 is 0 Å². The summed E-state index contributed by atoms with van der Waals surface area (Å²) < 4.78 is 11.6. The van der Waals surface area contributed by atoms with Crippen LogP contribution in [0.25, 0.3) is 0 Å². The number of hydrogen-bond donors (Lipinski definition) is 0. The molecule has 0 N–H and O–H groups in total. The third-order valence-electron chi connectivity index (χ3n) is 2.85. The fourth-order valence-corrected chi connectivity index (χ4v) is 3.18. The zero-order chi connectivity index (χ0) is 13.0. The van der Waals surface area contributed by atoms with Crippen molar-refractivity contribution in [3.05, 3.63) is 0 Å². The highest BCUT2D eigenvalue weighted by molar-refractivity contribution is 6.64. The fraction of sp³-hybridized carbons (Fsp3) is 1.00. The SMILES string of the molecule is CCCCCCCCCO[Si](C)(C)OCCC. The first kappa shape index (κ1) is 17.1. The van der Waals surface area contributed by atoms with Crippen molar-refractivity contribution in [3.8, 4) is 0 Å². The van der Waals surface area contributed by atoms with Crippen LogP contribution in [-0.4, -0.2) is 21.8 Å². The largest absolute Gasteiger partial charge is 0.395 e. The topological polar surface area (TPSA) is 18.5 Å². The lowest BCUT2D eigenvalue weighted by Gasteiger charge is -2.22. The lowest BCUT2D eigenvalue weighted by Crippen LogP contribution is -2.35. The van der Waals surface area contributed by atoms with Gasteiger partial charge in [-0.25, -0.2) is 0 Å². The predicted molar refractivity (Wildman–Crippen MR) is 77.7 cm³/mol. The minimum atomic E-state index is -1.81. The van der Waals surface area contributed by atoms with E-state index >= 15 is 0 Å². The molecule has 17 heavy (non-hydrogen) atoms. The second kappa shape index (κ2) is 11.2. The molecule has 0 radical (unpaired) electrons. The van der Waals surface area contributed by atoms with Gasteiger partial charge in [0, 0.05) is 13.2 Å². The Hall–Kier alpha value is 0.137. The van der Waals surface area contributed by atoms with E-state index in [1.54, 1.807) is 0 Å². The van der Waals surface area contributed by atoms with Gasteiger partial charge in [-0.15, -0.1) is 0 Å². The quantitative estimate of drug-likeness (QED) is 0.368. The van der Waals surface area contributed by atoms with E-state index in [1.165, 1.54) is 44.9 Å². The first-order valence-corrected chi connectivity index (χ1v) is 10.2. The molecule has 0 rings (SSSR count). The van der Waals surface area contributed by atoms with E-state index in [1.807, 2.05) is 0 Å². The van der Waals surface area contributed by atoms with E-state index in [0.29, 0.717) is 0 Å². The molecule has 0 saturated heterocycles. The molecule has 0 aromatic rings. The number of unbranched alkanes of at least 4 members (excludes halogenated alkanes) is 6. The van der Waals surface area contributed by atoms with E-state index in [9.17, 15) is 0 Å². The Balaban J connectivity index is 3.26. The second-order valence-electron chi connectivity index (χ2n) is 5.22. The smallest absolute Gasteiger partial charge is 0.331 e. The average Bonchev–Trinajstić information content (AvgIpc) is 2.30. The highest BCUT2D eigenvalue weighted by Crippen LogP contribution is 2.10. The van der Waals surface area contributed by atoms with Gasteiger partial charge in [-0.2, -0.15) is 0 Å². The van der Waals surface area contributed by atoms with E-state index < -0.39 is 8.56 Å². The summed E-state index contributed by atoms with van der Waals surface area (Å²) in [6, 6.07) is 0. The summed E-state index contributed by atoms with van der Waals surface area (Å²) in [5.74, 6) is 0. The maximum absolute atomic E-state index is 5.88. The van der Waals surface area contributed by atoms with Gasteiger partial charge in [-0.3, -0.25) is 0 Å². The van der Waals surface area contributed by atoms with Crippen molar-refractivity contribution in [2.75, 3.05) is 13.2 Å². The Kier molecular flexibility index (Phi) is 11.3. The van der Waals surface area contributed by atoms with Crippen LogP contribution in [0, 0.1) is 0 Å². The Morgan fingerprint density at radius 2 is 1.18 bits per heavy atom. The van der Waals surface area contributed by atoms with Crippen molar-refractivity contribution in [1.29, 1.82) is 0 Å². The van der Waals surface area contributed by atoms with Crippen LogP contribution in [0.15, 0.2) is 0 Å². The summed E-state index contributed by atoms with van der Waals surface area (Å²) in [6.45, 7) is 10.4. The van der Waals surface area contributed by atoms with Crippen LogP contribution in [-0.2, 0) is 8.85 Å². The standard InChI is InChI=1S/C14H32O2Si/c1-5-7-8-9-10-11-12-14-16-17(3,4)15-13-6-2/h5-14H2,1-4H3. The van der Waals surface area contributed by atoms with Crippen LogP contribution in [0.4, 0.5) is 0 Å². The van der Waals surface area contributed by atoms with E-state index in [0.717, 1.165) is 19.6 Å². The molecule has 0 unspecified atom stereocenters. The van der Waals surface area contributed by atoms with Crippen molar-refractivity contribution in [3.63, 3.8) is 0 Å². The number of rotatable bonds is 12. The van der Waals surface area contributed by atoms with Gasteiger partial charge < -0.3 is 8.85 Å². The van der Waals surface area contributed by atoms with Crippen molar-refractivity contribution < 1.29 is 8.85 Å². The molecule has 3 heteroatoms. The van der Waals surface area contributed by atoms with E-state index in [-0.39, 0.29) is 0 Å². The summed E-state index contributed by atoms with van der Waals surface area (Å²) in [6.07, 6.45) is 10.5. The summed E-state index contributed by atoms with van der Waals surface area (Å²) in [4.78, 5) is 0. The number of hydrogen-bond acceptors (Lipinski definition) is 2. The van der Waals surface area contributed by atoms with Crippen LogP contribution in [0.5, 0.6) is 0 Å². The van der Waals surface area contributed by atoms with Crippen LogP contribution in [0.1, 0.15) is 65.2 Å². The molecule has 0 bridgehead atoms. The van der Waals surface area contributed by atoms with Gasteiger partial charge in [0.15, 0.2) is 0 Å². The van der Waals surface area contributed by atoms with Gasteiger partial charge >= 0.3 is 8.56 Å². The van der Waals surface area contributed by atoms with Gasteiger partial charge in [0.25, 0.3) is 0 Å². The molecule has 0 saturated carbocycles. The molecule has 0 heterocycles. The molecule has 0 aliphatic rings. The molecule has 0 spiro atoms. The summed E-state index contributed by atoms with van der Waals surface area (Å²) >= 11 is 0. The van der Waals surface area contributed by atoms with Crippen molar-refractivity contribution in [1.82, 2.24) is 0 Å². The second-order valence-corrected chi connectivity index (χ2v) is 8.60. The Morgan fingerprint density at radius 3 is 1.76 bits per heavy atom. The molecule has 0 atom stereocenters. The van der Waals surface area contributed by atoms with Gasteiger partial charge in [0.05, 0.1) is 0 Å². The Morgan fingerprint density at radius 1 is 0.647 bits per heavy atom. The molecule has 2 nitrogen and oxygen atoms in total. The van der Waals surface area contributed by atoms with Gasteiger partial charge in [-0.1, -0.05) is 52.4 Å². The average molecular weight is 260 g/mol. The maximum atomic E-state index is 5.88. The normalized spacial score (nSPS) is 12.0. The highest BCUT2D eigenvalue weighted by Gasteiger charge is 2.23. The molecule has 0 fully saturated rings. The third-order valence-corrected chi connectivity index (χ3v) is 4.65. The molecule has 104 valence electrons. The van der Waals surface area contributed by atoms with Crippen LogP contribution in [0.3, 0.4) is 0 Å². The van der Waals surface area contributed by atoms with E-state index in [4.69, 9.17) is 8.85 Å². The molecule has 0 aliphatic heterocycles. The first-order valence-electron chi connectivity index (χ1n) is 7.40. The predicted octanol–water partition coefficient (Wildman–Crippen LogP) is 4.88. The summed E-state index contributed by atoms with van der Waals surface area (Å²) in [5.41, 5.74) is 0. The maximum Gasteiger partial charge on any atom is 0.331 e. The van der Waals surface area contributed by atoms with Crippen molar-refractivity contribution in [2.45, 2.75) is 78.3 Å². The van der Waals surface area contributed by atoms with Gasteiger partial charge in [0.2, 0.25) is 0 Å². The van der Waals surface area contributed by atoms with Gasteiger partial charge in [-0.05, 0) is 25.9 Å². The molecular weight excluding hydrogens is 228 g/mol. The molecule has 0 amide bonds. The van der Waals surface area contributed by atoms with Crippen LogP contribution in [0.2, 0.25) is 13.1 Å². The van der Waals surface area contributed by atoms with Crippen molar-refractivity contribution >= 4 is 8.56 Å². The van der Waals surface area contributed by atoms with Crippen LogP contribution >= 0.6 is 0 Å². The molecule has 0 aliphatic carbocycles.